The van der Waals surface area contributed by atoms with Crippen LogP contribution in [0.3, 0.4) is 0 Å². The van der Waals surface area contributed by atoms with Gasteiger partial charge in [0.05, 0.1) is 16.9 Å². The molecule has 1 aliphatic carbocycles. The van der Waals surface area contributed by atoms with E-state index in [-0.39, 0.29) is 5.54 Å². The highest BCUT2D eigenvalue weighted by Gasteiger charge is 2.27. The molecule has 1 fully saturated rings. The van der Waals surface area contributed by atoms with Gasteiger partial charge in [0.2, 0.25) is 5.88 Å². The van der Waals surface area contributed by atoms with Gasteiger partial charge >= 0.3 is 0 Å². The molecule has 0 saturated heterocycles. The zero-order valence-electron chi connectivity index (χ0n) is 11.4. The van der Waals surface area contributed by atoms with Crippen molar-refractivity contribution >= 4 is 0 Å². The molecule has 18 heavy (non-hydrogen) atoms. The van der Waals surface area contributed by atoms with Crippen molar-refractivity contribution in [3.63, 3.8) is 0 Å². The molecule has 0 bridgehead atoms. The molecule has 0 aromatic carbocycles. The maximum Gasteiger partial charge on any atom is 0.235 e. The van der Waals surface area contributed by atoms with E-state index in [9.17, 15) is 0 Å². The van der Waals surface area contributed by atoms with E-state index in [2.05, 4.69) is 9.97 Å². The van der Waals surface area contributed by atoms with Crippen LogP contribution < -0.4 is 10.5 Å². The van der Waals surface area contributed by atoms with Gasteiger partial charge in [-0.05, 0) is 26.7 Å². The summed E-state index contributed by atoms with van der Waals surface area (Å²) in [5.41, 5.74) is 7.94. The second-order valence-corrected chi connectivity index (χ2v) is 5.47. The Morgan fingerprint density at radius 1 is 1.22 bits per heavy atom. The Morgan fingerprint density at radius 3 is 2.56 bits per heavy atom. The highest BCUT2D eigenvalue weighted by Crippen LogP contribution is 2.26. The van der Waals surface area contributed by atoms with Gasteiger partial charge in [-0.3, -0.25) is 4.98 Å². The first-order valence-corrected chi connectivity index (χ1v) is 6.81. The largest absolute Gasteiger partial charge is 0.474 e. The molecule has 2 rings (SSSR count). The van der Waals surface area contributed by atoms with Crippen LogP contribution in [0.5, 0.6) is 5.88 Å². The van der Waals surface area contributed by atoms with Crippen LogP contribution in [-0.2, 0) is 0 Å². The minimum Gasteiger partial charge on any atom is -0.474 e. The minimum atomic E-state index is -0.186. The third kappa shape index (κ3) is 3.42. The Kier molecular flexibility index (Phi) is 4.17. The average Bonchev–Trinajstić information content (AvgIpc) is 2.56. The molecule has 0 unspecified atom stereocenters. The lowest BCUT2D eigenvalue weighted by molar-refractivity contribution is 0.191. The molecule has 100 valence electrons. The van der Waals surface area contributed by atoms with Crippen molar-refractivity contribution in [2.75, 3.05) is 6.61 Å². The topological polar surface area (TPSA) is 61.0 Å². The van der Waals surface area contributed by atoms with Crippen LogP contribution in [0.2, 0.25) is 0 Å². The molecular formula is C14H23N3O. The van der Waals surface area contributed by atoms with Gasteiger partial charge < -0.3 is 10.5 Å². The second-order valence-electron chi connectivity index (χ2n) is 5.47. The normalized spacial score (nSPS) is 19.3. The average molecular weight is 249 g/mol. The molecule has 1 aromatic heterocycles. The van der Waals surface area contributed by atoms with Crippen LogP contribution >= 0.6 is 0 Å². The SMILES string of the molecule is Cc1cnc(C)c(OCC2(N)CCCCCC2)n1. The Bertz CT molecular complexity index is 398. The van der Waals surface area contributed by atoms with Crippen molar-refractivity contribution < 1.29 is 4.74 Å². The number of aryl methyl sites for hydroxylation is 2. The van der Waals surface area contributed by atoms with Crippen LogP contribution in [0.4, 0.5) is 0 Å². The van der Waals surface area contributed by atoms with E-state index in [4.69, 9.17) is 10.5 Å². The fourth-order valence-corrected chi connectivity index (χ4v) is 2.44. The van der Waals surface area contributed by atoms with Crippen molar-refractivity contribution in [2.24, 2.45) is 5.73 Å². The molecule has 1 heterocycles. The maximum absolute atomic E-state index is 6.42. The monoisotopic (exact) mass is 249 g/mol. The molecule has 1 aromatic rings. The van der Waals surface area contributed by atoms with Crippen molar-refractivity contribution in [1.29, 1.82) is 0 Å². The van der Waals surface area contributed by atoms with Gasteiger partial charge in [0.1, 0.15) is 6.61 Å². The van der Waals surface area contributed by atoms with E-state index in [1.54, 1.807) is 6.20 Å². The standard InChI is InChI=1S/C14H23N3O/c1-11-9-16-12(2)13(17-11)18-10-14(15)7-5-3-4-6-8-14/h9H,3-8,10,15H2,1-2H3. The summed E-state index contributed by atoms with van der Waals surface area (Å²) >= 11 is 0. The molecule has 0 amide bonds. The van der Waals surface area contributed by atoms with E-state index >= 15 is 0 Å². The summed E-state index contributed by atoms with van der Waals surface area (Å²) < 4.78 is 5.82. The molecular weight excluding hydrogens is 226 g/mol. The zero-order chi connectivity index (χ0) is 13.0. The van der Waals surface area contributed by atoms with Gasteiger partial charge in [-0.2, -0.15) is 0 Å². The van der Waals surface area contributed by atoms with E-state index in [1.165, 1.54) is 25.7 Å². The van der Waals surface area contributed by atoms with Crippen LogP contribution in [0, 0.1) is 13.8 Å². The molecule has 4 nitrogen and oxygen atoms in total. The van der Waals surface area contributed by atoms with Gasteiger partial charge in [-0.25, -0.2) is 4.98 Å². The number of rotatable bonds is 3. The number of aromatic nitrogens is 2. The van der Waals surface area contributed by atoms with Gasteiger partial charge in [0.15, 0.2) is 0 Å². The van der Waals surface area contributed by atoms with Crippen molar-refractivity contribution in [2.45, 2.75) is 57.9 Å². The summed E-state index contributed by atoms with van der Waals surface area (Å²) in [4.78, 5) is 8.63. The minimum absolute atomic E-state index is 0.186. The quantitative estimate of drug-likeness (QED) is 0.836. The predicted molar refractivity (Wildman–Crippen MR) is 71.6 cm³/mol. The molecule has 0 aliphatic heterocycles. The number of nitrogens with zero attached hydrogens (tertiary/aromatic N) is 2. The smallest absolute Gasteiger partial charge is 0.235 e. The van der Waals surface area contributed by atoms with Crippen LogP contribution in [0.25, 0.3) is 0 Å². The molecule has 4 heteroatoms. The van der Waals surface area contributed by atoms with E-state index < -0.39 is 0 Å². The molecule has 0 radical (unpaired) electrons. The first kappa shape index (κ1) is 13.3. The lowest BCUT2D eigenvalue weighted by Gasteiger charge is -2.27. The highest BCUT2D eigenvalue weighted by atomic mass is 16.5. The lowest BCUT2D eigenvalue weighted by Crippen LogP contribution is -2.45. The van der Waals surface area contributed by atoms with Crippen molar-refractivity contribution in [3.8, 4) is 5.88 Å². The third-order valence-corrected chi connectivity index (χ3v) is 3.63. The number of hydrogen-bond donors (Lipinski definition) is 1. The first-order valence-electron chi connectivity index (χ1n) is 6.81. The van der Waals surface area contributed by atoms with Crippen LogP contribution in [0.1, 0.15) is 49.9 Å². The van der Waals surface area contributed by atoms with E-state index in [0.717, 1.165) is 24.2 Å². The Morgan fingerprint density at radius 2 is 1.89 bits per heavy atom. The fraction of sp³-hybridized carbons (Fsp3) is 0.714. The molecule has 1 aliphatic rings. The van der Waals surface area contributed by atoms with Gasteiger partial charge in [-0.15, -0.1) is 0 Å². The van der Waals surface area contributed by atoms with Crippen molar-refractivity contribution in [3.05, 3.63) is 17.6 Å². The Balaban J connectivity index is 1.99. The number of nitrogens with two attached hydrogens (primary N) is 1. The zero-order valence-corrected chi connectivity index (χ0v) is 11.4. The molecule has 2 N–H and O–H groups in total. The van der Waals surface area contributed by atoms with Gasteiger partial charge in [-0.1, -0.05) is 25.7 Å². The summed E-state index contributed by atoms with van der Waals surface area (Å²) in [6, 6.07) is 0. The highest BCUT2D eigenvalue weighted by molar-refractivity contribution is 5.18. The summed E-state index contributed by atoms with van der Waals surface area (Å²) in [6.07, 6.45) is 8.85. The second kappa shape index (κ2) is 5.65. The lowest BCUT2D eigenvalue weighted by atomic mass is 9.93. The third-order valence-electron chi connectivity index (χ3n) is 3.63. The number of ether oxygens (including phenoxy) is 1. The van der Waals surface area contributed by atoms with Crippen LogP contribution in [-0.4, -0.2) is 22.1 Å². The van der Waals surface area contributed by atoms with Crippen molar-refractivity contribution in [1.82, 2.24) is 9.97 Å². The predicted octanol–water partition coefficient (Wildman–Crippen LogP) is 2.52. The fourth-order valence-electron chi connectivity index (χ4n) is 2.44. The maximum atomic E-state index is 6.42. The van der Waals surface area contributed by atoms with Gasteiger partial charge in [0.25, 0.3) is 0 Å². The van der Waals surface area contributed by atoms with Gasteiger partial charge in [0, 0.05) is 6.20 Å². The summed E-state index contributed by atoms with van der Waals surface area (Å²) in [5.74, 6) is 0.629. The molecule has 1 saturated carbocycles. The summed E-state index contributed by atoms with van der Waals surface area (Å²) in [6.45, 7) is 4.38. The van der Waals surface area contributed by atoms with E-state index in [1.807, 2.05) is 13.8 Å². The Labute approximate surface area is 109 Å². The molecule has 0 atom stereocenters. The van der Waals surface area contributed by atoms with Crippen LogP contribution in [0.15, 0.2) is 6.20 Å². The molecule has 0 spiro atoms. The summed E-state index contributed by atoms with van der Waals surface area (Å²) in [7, 11) is 0. The van der Waals surface area contributed by atoms with E-state index in [0.29, 0.717) is 12.5 Å². The summed E-state index contributed by atoms with van der Waals surface area (Å²) in [5, 5.41) is 0. The Hall–Kier alpha value is -1.16. The number of hydrogen-bond acceptors (Lipinski definition) is 4. The first-order chi connectivity index (χ1) is 8.59.